The zero-order valence-corrected chi connectivity index (χ0v) is 15.8. The summed E-state index contributed by atoms with van der Waals surface area (Å²) in [5.41, 5.74) is 0.928. The summed E-state index contributed by atoms with van der Waals surface area (Å²) < 4.78 is 16.7. The molecule has 2 aromatic rings. The van der Waals surface area contributed by atoms with E-state index in [1.54, 1.807) is 18.2 Å². The second-order valence-corrected chi connectivity index (χ2v) is 6.72. The molecule has 1 aliphatic heterocycles. The number of carbonyl (C=O) groups is 1. The van der Waals surface area contributed by atoms with Crippen LogP contribution in [0.2, 0.25) is 10.0 Å². The summed E-state index contributed by atoms with van der Waals surface area (Å²) in [6.45, 7) is 3.04. The molecule has 138 valence electrons. The third-order valence-electron chi connectivity index (χ3n) is 3.91. The molecule has 2 aromatic carbocycles. The van der Waals surface area contributed by atoms with E-state index in [0.29, 0.717) is 34.8 Å². The minimum Gasteiger partial charge on any atom is -0.490 e. The van der Waals surface area contributed by atoms with Crippen molar-refractivity contribution in [3.8, 4) is 17.2 Å². The Morgan fingerprint density at radius 2 is 1.88 bits per heavy atom. The van der Waals surface area contributed by atoms with Gasteiger partial charge in [-0.25, -0.2) is 0 Å². The Hall–Kier alpha value is -2.11. The molecule has 3 rings (SSSR count). The van der Waals surface area contributed by atoms with Crippen LogP contribution in [0.15, 0.2) is 36.4 Å². The van der Waals surface area contributed by atoms with Gasteiger partial charge in [0.25, 0.3) is 5.91 Å². The highest BCUT2D eigenvalue weighted by Crippen LogP contribution is 2.32. The Bertz CT molecular complexity index is 797. The Labute approximate surface area is 162 Å². The lowest BCUT2D eigenvalue weighted by Gasteiger charge is -2.17. The van der Waals surface area contributed by atoms with Crippen molar-refractivity contribution in [1.29, 1.82) is 0 Å². The first-order chi connectivity index (χ1) is 12.5. The largest absolute Gasteiger partial charge is 0.490 e. The van der Waals surface area contributed by atoms with Gasteiger partial charge in [-0.1, -0.05) is 29.3 Å². The molecule has 0 fully saturated rings. The Kier molecular flexibility index (Phi) is 6.12. The van der Waals surface area contributed by atoms with Crippen molar-refractivity contribution in [2.75, 3.05) is 19.8 Å². The maximum atomic E-state index is 12.1. The summed E-state index contributed by atoms with van der Waals surface area (Å²) in [4.78, 5) is 12.1. The summed E-state index contributed by atoms with van der Waals surface area (Å²) in [5, 5.41) is 3.71. The Morgan fingerprint density at radius 3 is 2.65 bits per heavy atom. The van der Waals surface area contributed by atoms with Gasteiger partial charge >= 0.3 is 0 Å². The monoisotopic (exact) mass is 395 g/mol. The van der Waals surface area contributed by atoms with Crippen LogP contribution in [0.5, 0.6) is 17.2 Å². The van der Waals surface area contributed by atoms with Crippen molar-refractivity contribution >= 4 is 29.1 Å². The van der Waals surface area contributed by atoms with Gasteiger partial charge in [0.05, 0.1) is 29.3 Å². The van der Waals surface area contributed by atoms with E-state index < -0.39 is 0 Å². The molecule has 0 aliphatic carbocycles. The summed E-state index contributed by atoms with van der Waals surface area (Å²) in [7, 11) is 0. The molecule has 26 heavy (non-hydrogen) atoms. The number of benzene rings is 2. The van der Waals surface area contributed by atoms with Crippen molar-refractivity contribution in [2.45, 2.75) is 19.4 Å². The van der Waals surface area contributed by atoms with Crippen LogP contribution in [-0.2, 0) is 4.79 Å². The molecule has 0 saturated carbocycles. The van der Waals surface area contributed by atoms with E-state index in [1.165, 1.54) is 0 Å². The molecule has 1 N–H and O–H groups in total. The lowest BCUT2D eigenvalue weighted by molar-refractivity contribution is -0.123. The van der Waals surface area contributed by atoms with E-state index in [9.17, 15) is 4.79 Å². The van der Waals surface area contributed by atoms with Gasteiger partial charge < -0.3 is 19.5 Å². The highest BCUT2D eigenvalue weighted by Gasteiger charge is 2.15. The van der Waals surface area contributed by atoms with Crippen molar-refractivity contribution in [1.82, 2.24) is 5.32 Å². The molecule has 0 bridgehead atoms. The van der Waals surface area contributed by atoms with Gasteiger partial charge in [0.1, 0.15) is 5.75 Å². The number of ether oxygens (including phenoxy) is 3. The topological polar surface area (TPSA) is 56.8 Å². The maximum Gasteiger partial charge on any atom is 0.258 e. The average molecular weight is 396 g/mol. The molecule has 1 unspecified atom stereocenters. The number of carbonyl (C=O) groups excluding carboxylic acids is 1. The van der Waals surface area contributed by atoms with Gasteiger partial charge in [-0.05, 0) is 36.8 Å². The van der Waals surface area contributed by atoms with Gasteiger partial charge in [-0.3, -0.25) is 4.79 Å². The molecule has 7 heteroatoms. The highest BCUT2D eigenvalue weighted by atomic mass is 35.5. The zero-order chi connectivity index (χ0) is 18.5. The van der Waals surface area contributed by atoms with Crippen LogP contribution in [0.4, 0.5) is 0 Å². The molecule has 0 saturated heterocycles. The number of amides is 1. The summed E-state index contributed by atoms with van der Waals surface area (Å²) in [6, 6.07) is 10.3. The minimum atomic E-state index is -0.240. The number of rotatable bonds is 5. The van der Waals surface area contributed by atoms with Crippen molar-refractivity contribution in [2.24, 2.45) is 0 Å². The Morgan fingerprint density at radius 1 is 1.12 bits per heavy atom. The maximum absolute atomic E-state index is 12.1. The number of fused-ring (bicyclic) bond motifs is 1. The lowest BCUT2D eigenvalue weighted by atomic mass is 10.1. The van der Waals surface area contributed by atoms with Gasteiger partial charge in [0.15, 0.2) is 18.1 Å². The highest BCUT2D eigenvalue weighted by molar-refractivity contribution is 6.42. The van der Waals surface area contributed by atoms with E-state index in [-0.39, 0.29) is 18.6 Å². The summed E-state index contributed by atoms with van der Waals surface area (Å²) >= 11 is 11.8. The van der Waals surface area contributed by atoms with Crippen LogP contribution in [0.25, 0.3) is 0 Å². The molecule has 5 nitrogen and oxygen atoms in total. The van der Waals surface area contributed by atoms with E-state index in [2.05, 4.69) is 5.32 Å². The quantitative estimate of drug-likeness (QED) is 0.814. The second kappa shape index (κ2) is 8.52. The fourth-order valence-corrected chi connectivity index (χ4v) is 2.82. The van der Waals surface area contributed by atoms with Crippen LogP contribution in [0, 0.1) is 0 Å². The van der Waals surface area contributed by atoms with E-state index >= 15 is 0 Å². The van der Waals surface area contributed by atoms with Gasteiger partial charge in [0, 0.05) is 12.5 Å². The second-order valence-electron chi connectivity index (χ2n) is 5.91. The summed E-state index contributed by atoms with van der Waals surface area (Å²) in [6.07, 6.45) is 0.850. The van der Waals surface area contributed by atoms with Crippen molar-refractivity contribution in [3.63, 3.8) is 0 Å². The number of hydrogen-bond donors (Lipinski definition) is 1. The molecular formula is C19H19Cl2NO4. The molecular weight excluding hydrogens is 377 g/mol. The lowest BCUT2D eigenvalue weighted by Crippen LogP contribution is -2.31. The third kappa shape index (κ3) is 4.74. The normalized spacial score (nSPS) is 14.3. The van der Waals surface area contributed by atoms with Crippen LogP contribution in [-0.4, -0.2) is 25.7 Å². The third-order valence-corrected chi connectivity index (χ3v) is 4.65. The molecule has 0 spiro atoms. The van der Waals surface area contributed by atoms with Crippen molar-refractivity contribution < 1.29 is 19.0 Å². The average Bonchev–Trinajstić information content (AvgIpc) is 2.87. The van der Waals surface area contributed by atoms with Gasteiger partial charge in [-0.15, -0.1) is 0 Å². The van der Waals surface area contributed by atoms with Crippen LogP contribution >= 0.6 is 23.2 Å². The fourth-order valence-electron chi connectivity index (χ4n) is 2.53. The zero-order valence-electron chi connectivity index (χ0n) is 14.3. The SMILES string of the molecule is CC(NC(=O)COc1ccc(Cl)c(Cl)c1)c1ccc2c(c1)OCCCO2. The van der Waals surface area contributed by atoms with Crippen LogP contribution < -0.4 is 19.5 Å². The molecule has 1 amide bonds. The Balaban J connectivity index is 1.57. The predicted octanol–water partition coefficient (Wildman–Crippen LogP) is 4.41. The minimum absolute atomic E-state index is 0.118. The predicted molar refractivity (Wildman–Crippen MR) is 101 cm³/mol. The molecule has 0 aromatic heterocycles. The van der Waals surface area contributed by atoms with Gasteiger partial charge in [-0.2, -0.15) is 0 Å². The molecule has 0 radical (unpaired) electrons. The number of hydrogen-bond acceptors (Lipinski definition) is 4. The molecule has 1 aliphatic rings. The van der Waals surface area contributed by atoms with Crippen molar-refractivity contribution in [3.05, 3.63) is 52.0 Å². The van der Waals surface area contributed by atoms with Gasteiger partial charge in [0.2, 0.25) is 0 Å². The molecule has 1 atom stereocenters. The first-order valence-corrected chi connectivity index (χ1v) is 9.05. The van der Waals surface area contributed by atoms with Crippen LogP contribution in [0.1, 0.15) is 24.9 Å². The first-order valence-electron chi connectivity index (χ1n) is 8.29. The number of nitrogens with one attached hydrogen (secondary N) is 1. The van der Waals surface area contributed by atoms with E-state index in [1.807, 2.05) is 25.1 Å². The van der Waals surface area contributed by atoms with E-state index in [0.717, 1.165) is 17.7 Å². The number of halogens is 2. The summed E-state index contributed by atoms with van der Waals surface area (Å²) in [5.74, 6) is 1.68. The standard InChI is InChI=1S/C19H19Cl2NO4/c1-12(13-3-6-17-18(9-13)25-8-2-7-24-17)22-19(23)11-26-14-4-5-15(20)16(21)10-14/h3-6,9-10,12H,2,7-8,11H2,1H3,(H,22,23). The van der Waals surface area contributed by atoms with Crippen LogP contribution in [0.3, 0.4) is 0 Å². The van der Waals surface area contributed by atoms with E-state index in [4.69, 9.17) is 37.4 Å². The smallest absolute Gasteiger partial charge is 0.258 e. The fraction of sp³-hybridized carbons (Fsp3) is 0.316. The molecule has 1 heterocycles. The first kappa shape index (κ1) is 18.7.